The fourth-order valence-corrected chi connectivity index (χ4v) is 2.51. The molecule has 0 nitrogen and oxygen atoms in total. The first kappa shape index (κ1) is 16.2. The summed E-state index contributed by atoms with van der Waals surface area (Å²) in [6, 6.07) is 14.7. The van der Waals surface area contributed by atoms with E-state index < -0.39 is 29.4 Å². The van der Waals surface area contributed by atoms with Gasteiger partial charge >= 0.3 is 0 Å². The molecule has 0 aromatic heterocycles. The molecule has 0 saturated heterocycles. The van der Waals surface area contributed by atoms with Gasteiger partial charge < -0.3 is 0 Å². The van der Waals surface area contributed by atoms with E-state index in [9.17, 15) is 22.0 Å². The van der Waals surface area contributed by atoms with Crippen LogP contribution in [0.3, 0.4) is 0 Å². The standard InChI is InChI=1S/C19H11F5/c20-15-8-12(11-4-2-1-3-5-11)6-7-14(15)13-9-16(21)18(19(23)24)17(22)10-13/h1-10,19H. The van der Waals surface area contributed by atoms with Crippen molar-refractivity contribution in [1.29, 1.82) is 0 Å². The highest BCUT2D eigenvalue weighted by Gasteiger charge is 2.21. The Morgan fingerprint density at radius 1 is 0.583 bits per heavy atom. The largest absolute Gasteiger partial charge is 0.269 e. The zero-order valence-electron chi connectivity index (χ0n) is 12.2. The van der Waals surface area contributed by atoms with Crippen molar-refractivity contribution in [1.82, 2.24) is 0 Å². The van der Waals surface area contributed by atoms with E-state index in [0.717, 1.165) is 5.56 Å². The van der Waals surface area contributed by atoms with Crippen molar-refractivity contribution in [3.63, 3.8) is 0 Å². The summed E-state index contributed by atoms with van der Waals surface area (Å²) in [5.41, 5.74) is -0.116. The zero-order chi connectivity index (χ0) is 17.3. The first-order chi connectivity index (χ1) is 11.5. The third kappa shape index (κ3) is 3.02. The van der Waals surface area contributed by atoms with Gasteiger partial charge in [-0.1, -0.05) is 42.5 Å². The Bertz CT molecular complexity index is 849. The van der Waals surface area contributed by atoms with Crippen LogP contribution < -0.4 is 0 Å². The van der Waals surface area contributed by atoms with Crippen molar-refractivity contribution < 1.29 is 22.0 Å². The number of benzene rings is 3. The molecule has 0 spiro atoms. The maximum Gasteiger partial charge on any atom is 0.269 e. The Balaban J connectivity index is 2.05. The van der Waals surface area contributed by atoms with E-state index >= 15 is 0 Å². The van der Waals surface area contributed by atoms with Crippen LogP contribution in [-0.4, -0.2) is 0 Å². The molecule has 0 aliphatic rings. The zero-order valence-corrected chi connectivity index (χ0v) is 12.2. The lowest BCUT2D eigenvalue weighted by Gasteiger charge is -2.10. The van der Waals surface area contributed by atoms with Gasteiger partial charge in [-0.25, -0.2) is 22.0 Å². The summed E-state index contributed by atoms with van der Waals surface area (Å²) < 4.78 is 66.9. The van der Waals surface area contributed by atoms with Crippen LogP contribution in [0.5, 0.6) is 0 Å². The summed E-state index contributed by atoms with van der Waals surface area (Å²) in [5.74, 6) is -3.49. The second kappa shape index (κ2) is 6.43. The first-order valence-corrected chi connectivity index (χ1v) is 7.10. The number of alkyl halides is 2. The Labute approximate surface area is 135 Å². The maximum absolute atomic E-state index is 14.4. The van der Waals surface area contributed by atoms with Crippen LogP contribution in [0.4, 0.5) is 22.0 Å². The molecule has 0 amide bonds. The lowest BCUT2D eigenvalue weighted by molar-refractivity contribution is 0.141. The quantitative estimate of drug-likeness (QED) is 0.488. The number of rotatable bonds is 3. The molecule has 3 aromatic rings. The molecule has 122 valence electrons. The molecule has 0 radical (unpaired) electrons. The molecule has 0 heterocycles. The molecule has 0 bridgehead atoms. The molecule has 3 aromatic carbocycles. The minimum Gasteiger partial charge on any atom is -0.206 e. The highest BCUT2D eigenvalue weighted by Crippen LogP contribution is 2.32. The maximum atomic E-state index is 14.4. The van der Waals surface area contributed by atoms with Gasteiger partial charge in [-0.15, -0.1) is 0 Å². The molecule has 5 heteroatoms. The first-order valence-electron chi connectivity index (χ1n) is 7.10. The summed E-state index contributed by atoms with van der Waals surface area (Å²) in [5, 5.41) is 0. The molecule has 0 aliphatic carbocycles. The van der Waals surface area contributed by atoms with E-state index in [1.807, 2.05) is 6.07 Å². The summed E-state index contributed by atoms with van der Waals surface area (Å²) in [6.07, 6.45) is -3.27. The fraction of sp³-hybridized carbons (Fsp3) is 0.0526. The van der Waals surface area contributed by atoms with Gasteiger partial charge in [-0.05, 0) is 34.9 Å². The molecule has 3 rings (SSSR count). The smallest absolute Gasteiger partial charge is 0.206 e. The van der Waals surface area contributed by atoms with Crippen molar-refractivity contribution in [3.05, 3.63) is 83.7 Å². The van der Waals surface area contributed by atoms with E-state index in [1.54, 1.807) is 30.3 Å². The highest BCUT2D eigenvalue weighted by atomic mass is 19.3. The second-order valence-electron chi connectivity index (χ2n) is 5.21. The summed E-state index contributed by atoms with van der Waals surface area (Å²) in [4.78, 5) is 0. The van der Waals surface area contributed by atoms with Crippen LogP contribution in [0.25, 0.3) is 22.3 Å². The van der Waals surface area contributed by atoms with E-state index in [0.29, 0.717) is 17.7 Å². The molecule has 0 atom stereocenters. The van der Waals surface area contributed by atoms with Gasteiger partial charge in [0.15, 0.2) is 0 Å². The van der Waals surface area contributed by atoms with E-state index in [1.165, 1.54) is 12.1 Å². The predicted octanol–water partition coefficient (Wildman–Crippen LogP) is 6.38. The van der Waals surface area contributed by atoms with E-state index in [4.69, 9.17) is 0 Å². The van der Waals surface area contributed by atoms with Crippen LogP contribution in [0.2, 0.25) is 0 Å². The van der Waals surface area contributed by atoms with E-state index in [2.05, 4.69) is 0 Å². The van der Waals surface area contributed by atoms with Gasteiger partial charge in [-0.3, -0.25) is 0 Å². The van der Waals surface area contributed by atoms with Gasteiger partial charge in [0.1, 0.15) is 17.5 Å². The van der Waals surface area contributed by atoms with Gasteiger partial charge in [-0.2, -0.15) is 0 Å². The van der Waals surface area contributed by atoms with Crippen molar-refractivity contribution in [2.24, 2.45) is 0 Å². The second-order valence-corrected chi connectivity index (χ2v) is 5.21. The van der Waals surface area contributed by atoms with Crippen LogP contribution in [0, 0.1) is 17.5 Å². The minimum absolute atomic E-state index is 0.0618. The average molecular weight is 334 g/mol. The molecule has 0 N–H and O–H groups in total. The molecule has 0 fully saturated rings. The van der Waals surface area contributed by atoms with Crippen LogP contribution in [0.15, 0.2) is 60.7 Å². The fourth-order valence-electron chi connectivity index (χ4n) is 2.51. The Morgan fingerprint density at radius 3 is 1.71 bits per heavy atom. The topological polar surface area (TPSA) is 0 Å². The van der Waals surface area contributed by atoms with Gasteiger partial charge in [0.2, 0.25) is 0 Å². The lowest BCUT2D eigenvalue weighted by Crippen LogP contribution is -1.98. The molecule has 0 aliphatic heterocycles. The SMILES string of the molecule is Fc1cc(-c2ccccc2)ccc1-c1cc(F)c(C(F)F)c(F)c1. The van der Waals surface area contributed by atoms with Gasteiger partial charge in [0.25, 0.3) is 6.43 Å². The van der Waals surface area contributed by atoms with Crippen LogP contribution in [0.1, 0.15) is 12.0 Å². The number of hydrogen-bond donors (Lipinski definition) is 0. The lowest BCUT2D eigenvalue weighted by atomic mass is 9.98. The molecule has 0 saturated carbocycles. The monoisotopic (exact) mass is 334 g/mol. The molecule has 0 unspecified atom stereocenters. The number of halogens is 5. The van der Waals surface area contributed by atoms with Gasteiger partial charge in [0.05, 0.1) is 5.56 Å². The highest BCUT2D eigenvalue weighted by molar-refractivity contribution is 5.71. The third-order valence-electron chi connectivity index (χ3n) is 3.68. The Hall–Kier alpha value is -2.69. The minimum atomic E-state index is -3.27. The molecular weight excluding hydrogens is 323 g/mol. The summed E-state index contributed by atoms with van der Waals surface area (Å²) in [6.45, 7) is 0. The Morgan fingerprint density at radius 2 is 1.17 bits per heavy atom. The average Bonchev–Trinajstić information content (AvgIpc) is 2.54. The normalized spacial score (nSPS) is 11.1. The number of hydrogen-bond acceptors (Lipinski definition) is 0. The summed E-state index contributed by atoms with van der Waals surface area (Å²) >= 11 is 0. The van der Waals surface area contributed by atoms with Crippen molar-refractivity contribution in [2.45, 2.75) is 6.43 Å². The Kier molecular flexibility index (Phi) is 4.34. The van der Waals surface area contributed by atoms with Crippen molar-refractivity contribution in [3.8, 4) is 22.3 Å². The predicted molar refractivity (Wildman–Crippen MR) is 82.1 cm³/mol. The third-order valence-corrected chi connectivity index (χ3v) is 3.68. The summed E-state index contributed by atoms with van der Waals surface area (Å²) in [7, 11) is 0. The molecule has 24 heavy (non-hydrogen) atoms. The van der Waals surface area contributed by atoms with Crippen molar-refractivity contribution >= 4 is 0 Å². The van der Waals surface area contributed by atoms with Crippen molar-refractivity contribution in [2.75, 3.05) is 0 Å². The van der Waals surface area contributed by atoms with Crippen LogP contribution in [-0.2, 0) is 0 Å². The molecular formula is C19H11F5. The van der Waals surface area contributed by atoms with Gasteiger partial charge in [0, 0.05) is 5.56 Å². The van der Waals surface area contributed by atoms with E-state index in [-0.39, 0.29) is 11.1 Å². The van der Waals surface area contributed by atoms with Crippen LogP contribution >= 0.6 is 0 Å².